The van der Waals surface area contributed by atoms with Gasteiger partial charge in [0.2, 0.25) is 5.91 Å². The summed E-state index contributed by atoms with van der Waals surface area (Å²) in [4.78, 5) is 42.7. The maximum atomic E-state index is 13.5. The van der Waals surface area contributed by atoms with E-state index >= 15 is 0 Å². The molecule has 0 aliphatic carbocycles. The van der Waals surface area contributed by atoms with E-state index in [2.05, 4.69) is 24.1 Å². The zero-order valence-corrected chi connectivity index (χ0v) is 20.1. The molecule has 0 bridgehead atoms. The number of hydrogen-bond donors (Lipinski definition) is 1. The Hall–Kier alpha value is -3.55. The molecular formula is C26H31N3O5. The predicted octanol–water partition coefficient (Wildman–Crippen LogP) is 3.49. The smallest absolute Gasteiger partial charge is 0.268 e. The van der Waals surface area contributed by atoms with Crippen molar-refractivity contribution in [1.29, 1.82) is 0 Å². The topological polar surface area (TPSA) is 88.2 Å². The molecule has 8 nitrogen and oxygen atoms in total. The van der Waals surface area contributed by atoms with Crippen LogP contribution in [0.4, 0.5) is 11.4 Å². The Morgan fingerprint density at radius 1 is 1.09 bits per heavy atom. The second-order valence-corrected chi connectivity index (χ2v) is 9.11. The number of piperidine rings is 1. The fraction of sp³-hybridized carbons (Fsp3) is 0.423. The summed E-state index contributed by atoms with van der Waals surface area (Å²) < 4.78 is 10.6. The van der Waals surface area contributed by atoms with Gasteiger partial charge in [0, 0.05) is 25.7 Å². The van der Waals surface area contributed by atoms with E-state index in [0.29, 0.717) is 53.0 Å². The number of ether oxygens (including phenoxy) is 2. The van der Waals surface area contributed by atoms with Crippen molar-refractivity contribution in [3.8, 4) is 11.5 Å². The number of carbonyl (C=O) groups excluding carboxylic acids is 3. The fourth-order valence-corrected chi connectivity index (χ4v) is 4.59. The highest BCUT2D eigenvalue weighted by atomic mass is 16.5. The number of methoxy groups -OCH3 is 2. The summed E-state index contributed by atoms with van der Waals surface area (Å²) in [6, 6.07) is 10.3. The maximum absolute atomic E-state index is 13.5. The summed E-state index contributed by atoms with van der Waals surface area (Å²) in [5.74, 6) is 0.457. The molecule has 2 aliphatic rings. The van der Waals surface area contributed by atoms with Gasteiger partial charge in [-0.25, -0.2) is 4.90 Å². The van der Waals surface area contributed by atoms with Crippen LogP contribution in [0.25, 0.3) is 0 Å². The number of nitrogens with one attached hydrogen (secondary N) is 1. The summed E-state index contributed by atoms with van der Waals surface area (Å²) >= 11 is 0. The number of imide groups is 1. The molecule has 0 aromatic heterocycles. The molecule has 2 aromatic rings. The van der Waals surface area contributed by atoms with Crippen molar-refractivity contribution >= 4 is 29.1 Å². The third-order valence-corrected chi connectivity index (χ3v) is 6.34. The second-order valence-electron chi connectivity index (χ2n) is 9.11. The second kappa shape index (κ2) is 9.75. The molecule has 3 amide bonds. The molecule has 4 rings (SSSR count). The van der Waals surface area contributed by atoms with Crippen molar-refractivity contribution in [2.24, 2.45) is 11.8 Å². The largest absolute Gasteiger partial charge is 0.493 e. The van der Waals surface area contributed by atoms with Gasteiger partial charge in [-0.05, 0) is 43.0 Å². The molecule has 34 heavy (non-hydrogen) atoms. The first kappa shape index (κ1) is 23.6. The minimum absolute atomic E-state index is 0.0420. The van der Waals surface area contributed by atoms with E-state index in [1.165, 1.54) is 19.1 Å². The quantitative estimate of drug-likeness (QED) is 0.630. The minimum Gasteiger partial charge on any atom is -0.493 e. The van der Waals surface area contributed by atoms with Gasteiger partial charge in [0.25, 0.3) is 11.8 Å². The Morgan fingerprint density at radius 3 is 2.56 bits per heavy atom. The van der Waals surface area contributed by atoms with Crippen LogP contribution < -0.4 is 24.6 Å². The maximum Gasteiger partial charge on any atom is 0.268 e. The zero-order chi connectivity index (χ0) is 24.4. The van der Waals surface area contributed by atoms with E-state index in [-0.39, 0.29) is 23.6 Å². The van der Waals surface area contributed by atoms with Crippen LogP contribution in [0.2, 0.25) is 0 Å². The Balaban J connectivity index is 1.62. The third kappa shape index (κ3) is 4.32. The molecule has 180 valence electrons. The Kier molecular flexibility index (Phi) is 6.77. The van der Waals surface area contributed by atoms with Crippen molar-refractivity contribution in [2.75, 3.05) is 43.7 Å². The number of rotatable bonds is 7. The summed E-state index contributed by atoms with van der Waals surface area (Å²) in [7, 11) is 3.03. The predicted molar refractivity (Wildman–Crippen MR) is 130 cm³/mol. The first-order chi connectivity index (χ1) is 16.3. The van der Waals surface area contributed by atoms with E-state index in [0.717, 1.165) is 19.4 Å². The number of anilines is 2. The molecule has 0 unspecified atom stereocenters. The van der Waals surface area contributed by atoms with Crippen LogP contribution in [0.5, 0.6) is 11.5 Å². The van der Waals surface area contributed by atoms with Gasteiger partial charge >= 0.3 is 0 Å². The van der Waals surface area contributed by atoms with Gasteiger partial charge in [-0.3, -0.25) is 14.4 Å². The number of amides is 3. The highest BCUT2D eigenvalue weighted by Crippen LogP contribution is 2.38. The molecule has 0 saturated carbocycles. The van der Waals surface area contributed by atoms with Crippen LogP contribution in [0, 0.1) is 11.8 Å². The zero-order valence-electron chi connectivity index (χ0n) is 20.1. The van der Waals surface area contributed by atoms with Gasteiger partial charge in [-0.2, -0.15) is 0 Å². The van der Waals surface area contributed by atoms with E-state index < -0.39 is 0 Å². The number of carbonyl (C=O) groups is 3. The lowest BCUT2D eigenvalue weighted by Crippen LogP contribution is -2.44. The number of hydrogen-bond acceptors (Lipinski definition) is 6. The van der Waals surface area contributed by atoms with Crippen LogP contribution >= 0.6 is 0 Å². The SMILES string of the molecule is COc1ccc(N2C(=O)c3cccc(N4CCC[C@@H](C(=O)NCC(C)C)C4)c3C2=O)cc1OC. The molecule has 2 aromatic carbocycles. The molecule has 1 atom stereocenters. The molecule has 2 aliphatic heterocycles. The van der Waals surface area contributed by atoms with Crippen LogP contribution in [0.15, 0.2) is 36.4 Å². The van der Waals surface area contributed by atoms with Crippen LogP contribution in [0.3, 0.4) is 0 Å². The molecule has 1 saturated heterocycles. The number of benzene rings is 2. The molecule has 0 spiro atoms. The highest BCUT2D eigenvalue weighted by molar-refractivity contribution is 6.36. The molecule has 1 N–H and O–H groups in total. The first-order valence-electron chi connectivity index (χ1n) is 11.6. The van der Waals surface area contributed by atoms with Gasteiger partial charge in [-0.1, -0.05) is 19.9 Å². The van der Waals surface area contributed by atoms with E-state index in [1.807, 2.05) is 6.07 Å². The van der Waals surface area contributed by atoms with Crippen molar-refractivity contribution < 1.29 is 23.9 Å². The van der Waals surface area contributed by atoms with Crippen LogP contribution in [-0.2, 0) is 4.79 Å². The third-order valence-electron chi connectivity index (χ3n) is 6.34. The van der Waals surface area contributed by atoms with E-state index in [9.17, 15) is 14.4 Å². The summed E-state index contributed by atoms with van der Waals surface area (Å²) in [6.07, 6.45) is 1.64. The Morgan fingerprint density at radius 2 is 1.85 bits per heavy atom. The minimum atomic E-state index is -0.380. The fourth-order valence-electron chi connectivity index (χ4n) is 4.59. The average Bonchev–Trinajstić information content (AvgIpc) is 3.12. The summed E-state index contributed by atoms with van der Waals surface area (Å²) in [5.41, 5.74) is 1.86. The Labute approximate surface area is 199 Å². The van der Waals surface area contributed by atoms with E-state index in [4.69, 9.17) is 9.47 Å². The molecule has 1 fully saturated rings. The van der Waals surface area contributed by atoms with Crippen molar-refractivity contribution in [3.05, 3.63) is 47.5 Å². The molecular weight excluding hydrogens is 434 g/mol. The van der Waals surface area contributed by atoms with Crippen molar-refractivity contribution in [2.45, 2.75) is 26.7 Å². The summed E-state index contributed by atoms with van der Waals surface area (Å²) in [6.45, 7) is 6.00. The molecule has 0 radical (unpaired) electrons. The van der Waals surface area contributed by atoms with Crippen molar-refractivity contribution in [1.82, 2.24) is 5.32 Å². The lowest BCUT2D eigenvalue weighted by Gasteiger charge is -2.34. The van der Waals surface area contributed by atoms with E-state index in [1.54, 1.807) is 30.3 Å². The first-order valence-corrected chi connectivity index (χ1v) is 11.6. The number of fused-ring (bicyclic) bond motifs is 1. The van der Waals surface area contributed by atoms with Gasteiger partial charge in [0.05, 0.1) is 42.6 Å². The van der Waals surface area contributed by atoms with Gasteiger partial charge in [0.15, 0.2) is 11.5 Å². The van der Waals surface area contributed by atoms with Crippen molar-refractivity contribution in [3.63, 3.8) is 0 Å². The highest BCUT2D eigenvalue weighted by Gasteiger charge is 2.40. The normalized spacial score (nSPS) is 17.7. The van der Waals surface area contributed by atoms with Gasteiger partial charge in [-0.15, -0.1) is 0 Å². The molecule has 8 heteroatoms. The standard InChI is InChI=1S/C26H31N3O5/c1-16(2)14-27-24(30)17-7-6-12-28(15-17)20-9-5-8-19-23(20)26(32)29(25(19)31)18-10-11-21(33-3)22(13-18)34-4/h5,8-11,13,16-17H,6-7,12,14-15H2,1-4H3,(H,27,30)/t17-/m1/s1. The Bertz CT molecular complexity index is 1110. The van der Waals surface area contributed by atoms with Gasteiger partial charge < -0.3 is 19.7 Å². The summed E-state index contributed by atoms with van der Waals surface area (Å²) in [5, 5.41) is 3.02. The number of nitrogens with zero attached hydrogens (tertiary/aromatic N) is 2. The van der Waals surface area contributed by atoms with Crippen LogP contribution in [-0.4, -0.2) is 51.6 Å². The lowest BCUT2D eigenvalue weighted by atomic mass is 9.95. The lowest BCUT2D eigenvalue weighted by molar-refractivity contribution is -0.125. The molecule has 2 heterocycles. The average molecular weight is 466 g/mol. The van der Waals surface area contributed by atoms with Crippen LogP contribution in [0.1, 0.15) is 47.4 Å². The monoisotopic (exact) mass is 465 g/mol. The van der Waals surface area contributed by atoms with Gasteiger partial charge in [0.1, 0.15) is 0 Å².